The van der Waals surface area contributed by atoms with Crippen molar-refractivity contribution in [3.05, 3.63) is 70.2 Å². The van der Waals surface area contributed by atoms with Crippen molar-refractivity contribution in [2.24, 2.45) is 0 Å². The molecule has 2 amide bonds. The highest BCUT2D eigenvalue weighted by atomic mass is 35.5. The number of hydrogen-bond donors (Lipinski definition) is 1. The molecule has 138 valence electrons. The van der Waals surface area contributed by atoms with Crippen molar-refractivity contribution in [1.82, 2.24) is 10.2 Å². The number of amides is 2. The summed E-state index contributed by atoms with van der Waals surface area (Å²) >= 11 is 5.92. The molecule has 1 fully saturated rings. The highest BCUT2D eigenvalue weighted by Gasteiger charge is 2.38. The number of nitrogens with zero attached hydrogens (tertiary/aromatic N) is 1. The molecule has 0 aliphatic carbocycles. The van der Waals surface area contributed by atoms with Gasteiger partial charge in [-0.2, -0.15) is 13.2 Å². The molecule has 1 heterocycles. The van der Waals surface area contributed by atoms with Gasteiger partial charge in [0, 0.05) is 18.1 Å². The first-order chi connectivity index (χ1) is 12.4. The molecule has 0 radical (unpaired) electrons. The molecule has 0 aromatic heterocycles. The van der Waals surface area contributed by atoms with Gasteiger partial charge in [-0.15, -0.1) is 0 Å². The van der Waals surface area contributed by atoms with Crippen LogP contribution in [0.5, 0.6) is 0 Å². The fourth-order valence-electron chi connectivity index (χ4n) is 3.31. The summed E-state index contributed by atoms with van der Waals surface area (Å²) in [4.78, 5) is 14.0. The molecule has 3 rings (SSSR count). The third kappa shape index (κ3) is 4.12. The SMILES string of the molecule is O=C(NCc1cccc(Cl)c1)N1CCCC1c1ccccc1C(F)(F)F. The van der Waals surface area contributed by atoms with E-state index in [2.05, 4.69) is 5.32 Å². The molecule has 1 aliphatic heterocycles. The van der Waals surface area contributed by atoms with Crippen LogP contribution in [0.1, 0.15) is 35.6 Å². The van der Waals surface area contributed by atoms with E-state index in [1.807, 2.05) is 6.07 Å². The van der Waals surface area contributed by atoms with Crippen molar-refractivity contribution in [2.45, 2.75) is 31.6 Å². The van der Waals surface area contributed by atoms with E-state index < -0.39 is 17.8 Å². The van der Waals surface area contributed by atoms with Crippen LogP contribution in [0.3, 0.4) is 0 Å². The largest absolute Gasteiger partial charge is 0.416 e. The van der Waals surface area contributed by atoms with Crippen LogP contribution in [0.2, 0.25) is 5.02 Å². The van der Waals surface area contributed by atoms with Crippen molar-refractivity contribution < 1.29 is 18.0 Å². The van der Waals surface area contributed by atoms with E-state index in [4.69, 9.17) is 11.6 Å². The summed E-state index contributed by atoms with van der Waals surface area (Å²) in [6.45, 7) is 0.696. The number of rotatable bonds is 3. The third-order valence-corrected chi connectivity index (χ3v) is 4.71. The summed E-state index contributed by atoms with van der Waals surface area (Å²) < 4.78 is 39.9. The summed E-state index contributed by atoms with van der Waals surface area (Å²) in [5.41, 5.74) is 0.298. The Morgan fingerprint density at radius 2 is 1.96 bits per heavy atom. The number of likely N-dealkylation sites (tertiary alicyclic amines) is 1. The van der Waals surface area contributed by atoms with E-state index in [1.165, 1.54) is 17.0 Å². The van der Waals surface area contributed by atoms with Gasteiger partial charge in [-0.3, -0.25) is 0 Å². The van der Waals surface area contributed by atoms with Gasteiger partial charge in [-0.05, 0) is 42.2 Å². The van der Waals surface area contributed by atoms with Crippen LogP contribution >= 0.6 is 11.6 Å². The number of alkyl halides is 3. The molecule has 1 atom stereocenters. The molecule has 0 spiro atoms. The van der Waals surface area contributed by atoms with E-state index in [9.17, 15) is 18.0 Å². The fourth-order valence-corrected chi connectivity index (χ4v) is 3.52. The molecule has 7 heteroatoms. The Labute approximate surface area is 154 Å². The van der Waals surface area contributed by atoms with Gasteiger partial charge in [0.05, 0.1) is 11.6 Å². The number of hydrogen-bond acceptors (Lipinski definition) is 1. The average Bonchev–Trinajstić information content (AvgIpc) is 3.09. The highest BCUT2D eigenvalue weighted by Crippen LogP contribution is 2.40. The normalized spacial score (nSPS) is 17.4. The van der Waals surface area contributed by atoms with Crippen LogP contribution in [0.25, 0.3) is 0 Å². The van der Waals surface area contributed by atoms with Crippen LogP contribution in [0.15, 0.2) is 48.5 Å². The van der Waals surface area contributed by atoms with Crippen LogP contribution in [0, 0.1) is 0 Å². The van der Waals surface area contributed by atoms with Gasteiger partial charge in [0.25, 0.3) is 0 Å². The molecule has 2 aromatic rings. The van der Waals surface area contributed by atoms with Crippen molar-refractivity contribution in [1.29, 1.82) is 0 Å². The molecule has 2 aromatic carbocycles. The van der Waals surface area contributed by atoms with Gasteiger partial charge in [0.2, 0.25) is 0 Å². The van der Waals surface area contributed by atoms with Crippen molar-refractivity contribution in [2.75, 3.05) is 6.54 Å². The maximum absolute atomic E-state index is 13.3. The Bertz CT molecular complexity index is 794. The van der Waals surface area contributed by atoms with Gasteiger partial charge < -0.3 is 10.2 Å². The predicted octanol–water partition coefficient (Wildman–Crippen LogP) is 5.41. The fraction of sp³-hybridized carbons (Fsp3) is 0.316. The molecule has 26 heavy (non-hydrogen) atoms. The molecule has 3 nitrogen and oxygen atoms in total. The van der Waals surface area contributed by atoms with Crippen molar-refractivity contribution >= 4 is 17.6 Å². The molecule has 1 aliphatic rings. The first kappa shape index (κ1) is 18.6. The third-order valence-electron chi connectivity index (χ3n) is 4.47. The van der Waals surface area contributed by atoms with Crippen LogP contribution in [0.4, 0.5) is 18.0 Å². The molecule has 1 unspecified atom stereocenters. The monoisotopic (exact) mass is 382 g/mol. The number of benzene rings is 2. The smallest absolute Gasteiger partial charge is 0.334 e. The van der Waals surface area contributed by atoms with E-state index in [-0.39, 0.29) is 18.1 Å². The second-order valence-corrected chi connectivity index (χ2v) is 6.66. The lowest BCUT2D eigenvalue weighted by molar-refractivity contribution is -0.138. The Morgan fingerprint density at radius 3 is 2.69 bits per heavy atom. The number of urea groups is 1. The topological polar surface area (TPSA) is 32.3 Å². The molecule has 0 bridgehead atoms. The lowest BCUT2D eigenvalue weighted by Crippen LogP contribution is -2.39. The highest BCUT2D eigenvalue weighted by molar-refractivity contribution is 6.30. The van der Waals surface area contributed by atoms with Gasteiger partial charge in [-0.25, -0.2) is 4.79 Å². The summed E-state index contributed by atoms with van der Waals surface area (Å²) in [5.74, 6) is 0. The zero-order valence-corrected chi connectivity index (χ0v) is 14.6. The van der Waals surface area contributed by atoms with Crippen molar-refractivity contribution in [3.63, 3.8) is 0 Å². The van der Waals surface area contributed by atoms with Gasteiger partial charge in [0.1, 0.15) is 0 Å². The van der Waals surface area contributed by atoms with E-state index in [0.29, 0.717) is 24.4 Å². The van der Waals surface area contributed by atoms with Crippen LogP contribution in [-0.2, 0) is 12.7 Å². The minimum atomic E-state index is -4.44. The molecule has 0 saturated carbocycles. The second-order valence-electron chi connectivity index (χ2n) is 6.23. The zero-order chi connectivity index (χ0) is 18.7. The maximum atomic E-state index is 13.3. The Hall–Kier alpha value is -2.21. The standard InChI is InChI=1S/C19H18ClF3N2O/c20-14-6-3-5-13(11-14)12-24-18(26)25-10-4-9-17(25)15-7-1-2-8-16(15)19(21,22)23/h1-3,5-8,11,17H,4,9-10,12H2,(H,24,26). The molecular formula is C19H18ClF3N2O. The minimum Gasteiger partial charge on any atom is -0.334 e. The first-order valence-corrected chi connectivity index (χ1v) is 8.69. The van der Waals surface area contributed by atoms with Crippen LogP contribution < -0.4 is 5.32 Å². The van der Waals surface area contributed by atoms with Gasteiger partial charge >= 0.3 is 12.2 Å². The molecule has 1 saturated heterocycles. The lowest BCUT2D eigenvalue weighted by Gasteiger charge is -2.27. The number of carbonyl (C=O) groups excluding carboxylic acids is 1. The summed E-state index contributed by atoms with van der Waals surface area (Å²) in [6.07, 6.45) is -3.26. The van der Waals surface area contributed by atoms with E-state index in [1.54, 1.807) is 24.3 Å². The quantitative estimate of drug-likeness (QED) is 0.756. The Morgan fingerprint density at radius 1 is 1.19 bits per heavy atom. The maximum Gasteiger partial charge on any atom is 0.416 e. The number of carbonyl (C=O) groups is 1. The average molecular weight is 383 g/mol. The van der Waals surface area contributed by atoms with Crippen molar-refractivity contribution in [3.8, 4) is 0 Å². The van der Waals surface area contributed by atoms with E-state index >= 15 is 0 Å². The summed E-state index contributed by atoms with van der Waals surface area (Å²) in [6, 6.07) is 11.6. The van der Waals surface area contributed by atoms with Gasteiger partial charge in [0.15, 0.2) is 0 Å². The lowest BCUT2D eigenvalue weighted by atomic mass is 9.98. The molecule has 1 N–H and O–H groups in total. The zero-order valence-electron chi connectivity index (χ0n) is 13.9. The minimum absolute atomic E-state index is 0.149. The van der Waals surface area contributed by atoms with Crippen LogP contribution in [-0.4, -0.2) is 17.5 Å². The van der Waals surface area contributed by atoms with Gasteiger partial charge in [-0.1, -0.05) is 41.9 Å². The number of nitrogens with one attached hydrogen (secondary N) is 1. The summed E-state index contributed by atoms with van der Waals surface area (Å²) in [5, 5.41) is 3.34. The second kappa shape index (κ2) is 7.58. The predicted molar refractivity (Wildman–Crippen MR) is 93.8 cm³/mol. The Kier molecular flexibility index (Phi) is 5.41. The Balaban J connectivity index is 1.75. The number of halogens is 4. The van der Waals surface area contributed by atoms with E-state index in [0.717, 1.165) is 11.6 Å². The molecular weight excluding hydrogens is 365 g/mol. The summed E-state index contributed by atoms with van der Waals surface area (Å²) in [7, 11) is 0. The first-order valence-electron chi connectivity index (χ1n) is 8.31.